The maximum Gasteiger partial charge on any atom is 0.410 e. The minimum Gasteiger partial charge on any atom is -0.488 e. The van der Waals surface area contributed by atoms with Crippen molar-refractivity contribution in [2.45, 2.75) is 77.2 Å². The molecule has 1 fully saturated rings. The number of carbonyl (C=O) groups excluding carboxylic acids is 2. The summed E-state index contributed by atoms with van der Waals surface area (Å²) in [4.78, 5) is 29.8. The van der Waals surface area contributed by atoms with E-state index in [9.17, 15) is 9.59 Å². The Bertz CT molecular complexity index is 1830. The second kappa shape index (κ2) is 13.6. The second-order valence-corrected chi connectivity index (χ2v) is 21.1. The van der Waals surface area contributed by atoms with E-state index in [2.05, 4.69) is 33.9 Å². The number of nitrogens with zero attached hydrogens (tertiary/aromatic N) is 2. The summed E-state index contributed by atoms with van der Waals surface area (Å²) in [6, 6.07) is 11.2. The molecule has 0 aliphatic carbocycles. The number of amides is 2. The molecular weight excluding hydrogens is 703 g/mol. The second-order valence-electron chi connectivity index (χ2n) is 15.4. The molecule has 13 heteroatoms. The highest BCUT2D eigenvalue weighted by Gasteiger charge is 2.52. The Hall–Kier alpha value is -3.38. The average molecular weight is 749 g/mol. The lowest BCUT2D eigenvalue weighted by molar-refractivity contribution is 0.0164. The monoisotopic (exact) mass is 747 g/mol. The molecule has 3 aromatic rings. The summed E-state index contributed by atoms with van der Waals surface area (Å²) in [6.07, 6.45) is -0.330. The Balaban J connectivity index is 1.62. The predicted octanol–water partition coefficient (Wildman–Crippen LogP) is 8.95. The van der Waals surface area contributed by atoms with E-state index >= 15 is 8.78 Å². The van der Waals surface area contributed by atoms with E-state index in [1.165, 1.54) is 18.2 Å². The van der Waals surface area contributed by atoms with Gasteiger partial charge in [-0.25, -0.2) is 13.6 Å². The van der Waals surface area contributed by atoms with Crippen LogP contribution in [-0.2, 0) is 21.1 Å². The van der Waals surface area contributed by atoms with Gasteiger partial charge < -0.3 is 29.4 Å². The van der Waals surface area contributed by atoms with Gasteiger partial charge in [-0.2, -0.15) is 0 Å². The van der Waals surface area contributed by atoms with Gasteiger partial charge in [0.05, 0.1) is 29.3 Å². The fourth-order valence-corrected chi connectivity index (χ4v) is 7.91. The third-order valence-corrected chi connectivity index (χ3v) is 15.0. The van der Waals surface area contributed by atoms with Gasteiger partial charge in [-0.15, -0.1) is 0 Å². The molecule has 1 saturated heterocycles. The Morgan fingerprint density at radius 1 is 0.980 bits per heavy atom. The summed E-state index contributed by atoms with van der Waals surface area (Å²) >= 11 is 13.2. The zero-order valence-corrected chi connectivity index (χ0v) is 32.3. The number of carbonyl (C=O) groups is 2. The molecule has 2 N–H and O–H groups in total. The van der Waals surface area contributed by atoms with Crippen LogP contribution in [0.25, 0.3) is 11.1 Å². The molecule has 8 nitrogen and oxygen atoms in total. The summed E-state index contributed by atoms with van der Waals surface area (Å²) in [5.74, 6) is -2.78. The number of fused-ring (bicyclic) bond motifs is 3. The van der Waals surface area contributed by atoms with E-state index in [-0.39, 0.29) is 65.2 Å². The molecule has 0 radical (unpaired) electrons. The first-order valence-electron chi connectivity index (χ1n) is 16.6. The largest absolute Gasteiger partial charge is 0.488 e. The number of anilines is 1. The maximum absolute atomic E-state index is 16.7. The lowest BCUT2D eigenvalue weighted by Gasteiger charge is -2.48. The van der Waals surface area contributed by atoms with Gasteiger partial charge in [0, 0.05) is 41.3 Å². The van der Waals surface area contributed by atoms with Gasteiger partial charge in [0.2, 0.25) is 5.91 Å². The van der Waals surface area contributed by atoms with Crippen LogP contribution in [0.1, 0.15) is 63.0 Å². The highest BCUT2D eigenvalue weighted by Crippen LogP contribution is 2.54. The van der Waals surface area contributed by atoms with Crippen molar-refractivity contribution in [2.75, 3.05) is 37.7 Å². The molecule has 0 bridgehead atoms. The van der Waals surface area contributed by atoms with E-state index in [0.717, 1.165) is 5.56 Å². The number of piperazine rings is 1. The Labute approximate surface area is 303 Å². The first kappa shape index (κ1) is 37.9. The third-order valence-electron chi connectivity index (χ3n) is 9.87. The number of halogens is 4. The van der Waals surface area contributed by atoms with Crippen LogP contribution in [0.5, 0.6) is 5.75 Å². The zero-order valence-electron chi connectivity index (χ0n) is 29.8. The molecule has 0 aromatic heterocycles. The van der Waals surface area contributed by atoms with Gasteiger partial charge in [-0.1, -0.05) is 56.1 Å². The third kappa shape index (κ3) is 7.19. The maximum atomic E-state index is 16.7. The van der Waals surface area contributed by atoms with Gasteiger partial charge in [0.15, 0.2) is 19.9 Å². The van der Waals surface area contributed by atoms with Crippen LogP contribution >= 0.6 is 23.2 Å². The highest BCUT2D eigenvalue weighted by molar-refractivity contribution is 6.74. The number of ether oxygens (including phenoxy) is 2. The Morgan fingerprint density at radius 2 is 1.68 bits per heavy atom. The topological polar surface area (TPSA) is 94.3 Å². The van der Waals surface area contributed by atoms with Crippen LogP contribution < -0.4 is 15.4 Å². The van der Waals surface area contributed by atoms with Crippen LogP contribution in [0.15, 0.2) is 42.5 Å². The highest BCUT2D eigenvalue weighted by atomic mass is 35.5. The van der Waals surface area contributed by atoms with Crippen molar-refractivity contribution in [3.05, 3.63) is 80.8 Å². The molecule has 2 aliphatic rings. The van der Waals surface area contributed by atoms with Crippen LogP contribution in [0.2, 0.25) is 28.2 Å². The van der Waals surface area contributed by atoms with Crippen molar-refractivity contribution in [3.63, 3.8) is 0 Å². The quantitative estimate of drug-likeness (QED) is 0.183. The van der Waals surface area contributed by atoms with Gasteiger partial charge in [-0.3, -0.25) is 4.79 Å². The number of hydrogen-bond donors (Lipinski definition) is 1. The summed E-state index contributed by atoms with van der Waals surface area (Å²) in [7, 11) is -2.09. The van der Waals surface area contributed by atoms with Gasteiger partial charge in [0.1, 0.15) is 18.0 Å². The Kier molecular flexibility index (Phi) is 10.3. The van der Waals surface area contributed by atoms with Crippen molar-refractivity contribution in [1.29, 1.82) is 0 Å². The lowest BCUT2D eigenvalue weighted by atomic mass is 9.82. The first-order valence-corrected chi connectivity index (χ1v) is 20.3. The van der Waals surface area contributed by atoms with E-state index < -0.39 is 43.1 Å². The molecule has 3 aromatic carbocycles. The molecule has 0 saturated carbocycles. The first-order chi connectivity index (χ1) is 23.2. The molecule has 1 unspecified atom stereocenters. The zero-order chi connectivity index (χ0) is 37.0. The fourth-order valence-electron chi connectivity index (χ4n) is 6.43. The molecule has 50 heavy (non-hydrogen) atoms. The summed E-state index contributed by atoms with van der Waals surface area (Å²) < 4.78 is 50.4. The standard InChI is InChI=1S/C37H45Cl2F2N3O5Si/c1-35(2,3)49-34(46)43-14-15-44-27-19-26(40)31(39)29(25(27)20-37(44,21-43)22-10-9-11-23(38)18-22)30-24(33(42)45)12-13-28(32(30)41)47-16-17-48-50(7,8)36(4,5)6/h9-13,18-19H,14-17,20-21H2,1-8H3,(H2,42,45). The molecule has 0 spiro atoms. The molecule has 2 aliphatic heterocycles. The summed E-state index contributed by atoms with van der Waals surface area (Å²) in [5, 5.41) is 0.0764. The van der Waals surface area contributed by atoms with E-state index in [1.807, 2.05) is 11.0 Å². The number of benzene rings is 3. The van der Waals surface area contributed by atoms with Crippen molar-refractivity contribution in [3.8, 4) is 16.9 Å². The van der Waals surface area contributed by atoms with Crippen molar-refractivity contribution in [2.24, 2.45) is 5.73 Å². The van der Waals surface area contributed by atoms with Crippen LogP contribution in [0, 0.1) is 11.6 Å². The molecule has 270 valence electrons. The summed E-state index contributed by atoms with van der Waals surface area (Å²) in [5.41, 5.74) is 5.34. The van der Waals surface area contributed by atoms with Crippen LogP contribution in [0.3, 0.4) is 0 Å². The lowest BCUT2D eigenvalue weighted by Crippen LogP contribution is -2.60. The van der Waals surface area contributed by atoms with Crippen LogP contribution in [0.4, 0.5) is 19.3 Å². The van der Waals surface area contributed by atoms with Gasteiger partial charge >= 0.3 is 6.09 Å². The Morgan fingerprint density at radius 3 is 2.30 bits per heavy atom. The van der Waals surface area contributed by atoms with Crippen LogP contribution in [-0.4, -0.2) is 63.7 Å². The SMILES string of the molecule is CC(C)(C)OC(=O)N1CCN2c3cc(F)c(Cl)c(-c4c(C(N)=O)ccc(OCCO[Si](C)(C)C(C)(C)C)c4F)c3CC2(c2cccc(Cl)c2)C1. The van der Waals surface area contributed by atoms with Crippen molar-refractivity contribution < 1.29 is 32.3 Å². The molecular formula is C37H45Cl2F2N3O5Si. The van der Waals surface area contributed by atoms with E-state index in [1.54, 1.807) is 43.9 Å². The number of hydrogen-bond acceptors (Lipinski definition) is 6. The van der Waals surface area contributed by atoms with Crippen molar-refractivity contribution >= 4 is 49.2 Å². The van der Waals surface area contributed by atoms with E-state index in [4.69, 9.17) is 42.8 Å². The van der Waals surface area contributed by atoms with Gasteiger partial charge in [0.25, 0.3) is 0 Å². The molecule has 2 amide bonds. The molecule has 5 rings (SSSR count). The van der Waals surface area contributed by atoms with Crippen molar-refractivity contribution in [1.82, 2.24) is 4.90 Å². The summed E-state index contributed by atoms with van der Waals surface area (Å²) in [6.45, 7) is 16.9. The van der Waals surface area contributed by atoms with E-state index in [0.29, 0.717) is 22.8 Å². The normalized spacial score (nSPS) is 17.8. The molecule has 2 heterocycles. The minimum absolute atomic E-state index is 0.00411. The number of rotatable bonds is 8. The minimum atomic E-state index is -2.09. The average Bonchev–Trinajstić information content (AvgIpc) is 3.33. The smallest absolute Gasteiger partial charge is 0.410 e. The number of nitrogens with two attached hydrogens (primary N) is 1. The van der Waals surface area contributed by atoms with Gasteiger partial charge in [-0.05, 0) is 80.4 Å². The predicted molar refractivity (Wildman–Crippen MR) is 196 cm³/mol. The molecule has 1 atom stereocenters. The number of primary amides is 1. The fraction of sp³-hybridized carbons (Fsp3) is 0.459.